The van der Waals surface area contributed by atoms with Gasteiger partial charge in [0.2, 0.25) is 6.10 Å². The number of rotatable bonds is 6. The van der Waals surface area contributed by atoms with E-state index in [1.807, 2.05) is 38.1 Å². The van der Waals surface area contributed by atoms with E-state index in [-0.39, 0.29) is 5.56 Å². The van der Waals surface area contributed by atoms with E-state index in [1.165, 1.54) is 6.20 Å². The van der Waals surface area contributed by atoms with Crippen LogP contribution in [0.15, 0.2) is 79.3 Å². The van der Waals surface area contributed by atoms with Gasteiger partial charge >= 0.3 is 5.97 Å². The molecule has 4 rings (SSSR count). The molecule has 0 saturated heterocycles. The van der Waals surface area contributed by atoms with Crippen LogP contribution >= 0.6 is 0 Å². The lowest BCUT2D eigenvalue weighted by Gasteiger charge is -2.19. The summed E-state index contributed by atoms with van der Waals surface area (Å²) in [6.45, 7) is 5.64. The van der Waals surface area contributed by atoms with E-state index in [4.69, 9.17) is 4.74 Å². The maximum atomic E-state index is 13.2. The number of ether oxygens (including phenoxy) is 1. The zero-order valence-electron chi connectivity index (χ0n) is 18.6. The SMILES string of the molecule is Cc1ccc(C)c(NC(=O)[C@H](OC(=O)c2cnn(-c3ccncc3)c2C)c2ccccc2)c1. The zero-order chi connectivity index (χ0) is 23.4. The van der Waals surface area contributed by atoms with Crippen LogP contribution < -0.4 is 5.32 Å². The molecule has 0 unspecified atom stereocenters. The minimum absolute atomic E-state index is 0.285. The van der Waals surface area contributed by atoms with Gasteiger partial charge in [0.15, 0.2) is 0 Å². The van der Waals surface area contributed by atoms with Gasteiger partial charge in [-0.05, 0) is 50.1 Å². The summed E-state index contributed by atoms with van der Waals surface area (Å²) >= 11 is 0. The number of aromatic nitrogens is 3. The van der Waals surface area contributed by atoms with Crippen molar-refractivity contribution in [3.8, 4) is 5.69 Å². The fourth-order valence-corrected chi connectivity index (χ4v) is 3.50. The maximum absolute atomic E-state index is 13.2. The Bertz CT molecular complexity index is 1280. The first-order valence-corrected chi connectivity index (χ1v) is 10.5. The van der Waals surface area contributed by atoms with Gasteiger partial charge in [-0.2, -0.15) is 5.10 Å². The predicted octanol–water partition coefficient (Wildman–Crippen LogP) is 4.73. The number of carbonyl (C=O) groups is 2. The lowest BCUT2D eigenvalue weighted by Crippen LogP contribution is -2.26. The standard InChI is InChI=1S/C26H24N4O3/c1-17-9-10-18(2)23(15-17)29-25(31)24(20-7-5-4-6-8-20)33-26(32)22-16-28-30(19(22)3)21-11-13-27-14-12-21/h4-16,24H,1-3H3,(H,29,31)/t24-/m1/s1. The lowest BCUT2D eigenvalue weighted by atomic mass is 10.1. The molecule has 0 aliphatic heterocycles. The number of hydrogen-bond acceptors (Lipinski definition) is 5. The number of esters is 1. The molecule has 2 heterocycles. The molecular weight excluding hydrogens is 416 g/mol. The Morgan fingerprint density at radius 3 is 2.42 bits per heavy atom. The zero-order valence-corrected chi connectivity index (χ0v) is 18.6. The smallest absolute Gasteiger partial charge is 0.342 e. The average molecular weight is 441 g/mol. The van der Waals surface area contributed by atoms with Crippen molar-refractivity contribution < 1.29 is 14.3 Å². The number of benzene rings is 2. The summed E-state index contributed by atoms with van der Waals surface area (Å²) in [7, 11) is 0. The molecule has 0 spiro atoms. The van der Waals surface area contributed by atoms with Crippen molar-refractivity contribution >= 4 is 17.6 Å². The first-order valence-electron chi connectivity index (χ1n) is 10.5. The van der Waals surface area contributed by atoms with Crippen LogP contribution in [0.4, 0.5) is 5.69 Å². The van der Waals surface area contributed by atoms with E-state index in [0.717, 1.165) is 16.8 Å². The number of amides is 1. The summed E-state index contributed by atoms with van der Waals surface area (Å²) in [5.74, 6) is -1.06. The van der Waals surface area contributed by atoms with Crippen LogP contribution in [0.1, 0.15) is 38.8 Å². The molecule has 7 nitrogen and oxygen atoms in total. The molecule has 0 saturated carbocycles. The van der Waals surface area contributed by atoms with Gasteiger partial charge < -0.3 is 10.1 Å². The number of aryl methyl sites for hydroxylation is 2. The van der Waals surface area contributed by atoms with E-state index in [9.17, 15) is 9.59 Å². The third-order valence-electron chi connectivity index (χ3n) is 5.35. The van der Waals surface area contributed by atoms with Crippen molar-refractivity contribution in [2.75, 3.05) is 5.32 Å². The van der Waals surface area contributed by atoms with Crippen LogP contribution in [0.25, 0.3) is 5.69 Å². The van der Waals surface area contributed by atoms with E-state index < -0.39 is 18.0 Å². The third kappa shape index (κ3) is 4.82. The van der Waals surface area contributed by atoms with Crippen molar-refractivity contribution in [1.29, 1.82) is 0 Å². The Kier molecular flexibility index (Phi) is 6.31. The minimum Gasteiger partial charge on any atom is -0.444 e. The molecule has 0 fully saturated rings. The Balaban J connectivity index is 1.61. The highest BCUT2D eigenvalue weighted by Crippen LogP contribution is 2.25. The van der Waals surface area contributed by atoms with Crippen LogP contribution in [0.2, 0.25) is 0 Å². The number of hydrogen-bond donors (Lipinski definition) is 1. The fraction of sp³-hybridized carbons (Fsp3) is 0.154. The molecule has 2 aromatic heterocycles. The normalized spacial score (nSPS) is 11.6. The molecule has 0 aliphatic rings. The first-order chi connectivity index (χ1) is 15.9. The Hall–Kier alpha value is -4.26. The van der Waals surface area contributed by atoms with Crippen molar-refractivity contribution in [3.05, 3.63) is 107 Å². The Morgan fingerprint density at radius 1 is 0.970 bits per heavy atom. The number of carbonyl (C=O) groups excluding carboxylic acids is 2. The summed E-state index contributed by atoms with van der Waals surface area (Å²) in [5, 5.41) is 7.22. The van der Waals surface area contributed by atoms with Gasteiger partial charge in [0.25, 0.3) is 5.91 Å². The van der Waals surface area contributed by atoms with Crippen LogP contribution in [-0.2, 0) is 9.53 Å². The largest absolute Gasteiger partial charge is 0.444 e. The Labute approximate surface area is 192 Å². The van der Waals surface area contributed by atoms with Crippen LogP contribution in [-0.4, -0.2) is 26.6 Å². The first kappa shape index (κ1) is 22.0. The number of nitrogens with one attached hydrogen (secondary N) is 1. The summed E-state index contributed by atoms with van der Waals surface area (Å²) in [4.78, 5) is 30.3. The molecule has 4 aromatic rings. The maximum Gasteiger partial charge on any atom is 0.342 e. The van der Waals surface area contributed by atoms with E-state index in [0.29, 0.717) is 16.9 Å². The second-order valence-corrected chi connectivity index (χ2v) is 7.76. The second-order valence-electron chi connectivity index (χ2n) is 7.76. The van der Waals surface area contributed by atoms with Crippen molar-refractivity contribution in [2.24, 2.45) is 0 Å². The van der Waals surface area contributed by atoms with E-state index >= 15 is 0 Å². The fourth-order valence-electron chi connectivity index (χ4n) is 3.50. The lowest BCUT2D eigenvalue weighted by molar-refractivity contribution is -0.125. The third-order valence-corrected chi connectivity index (χ3v) is 5.35. The highest BCUT2D eigenvalue weighted by atomic mass is 16.5. The highest BCUT2D eigenvalue weighted by Gasteiger charge is 2.28. The van der Waals surface area contributed by atoms with Crippen molar-refractivity contribution in [1.82, 2.24) is 14.8 Å². The molecule has 1 N–H and O–H groups in total. The van der Waals surface area contributed by atoms with Crippen LogP contribution in [0.5, 0.6) is 0 Å². The summed E-state index contributed by atoms with van der Waals surface area (Å²) in [6.07, 6.45) is 3.62. The van der Waals surface area contributed by atoms with Gasteiger partial charge in [-0.3, -0.25) is 9.78 Å². The molecule has 1 amide bonds. The summed E-state index contributed by atoms with van der Waals surface area (Å²) < 4.78 is 7.37. The van der Waals surface area contributed by atoms with Crippen molar-refractivity contribution in [3.63, 3.8) is 0 Å². The van der Waals surface area contributed by atoms with Gasteiger partial charge in [0.05, 0.1) is 17.6 Å². The van der Waals surface area contributed by atoms with Crippen molar-refractivity contribution in [2.45, 2.75) is 26.9 Å². The second kappa shape index (κ2) is 9.48. The van der Waals surface area contributed by atoms with Crippen LogP contribution in [0.3, 0.4) is 0 Å². The van der Waals surface area contributed by atoms with Gasteiger partial charge in [0, 0.05) is 23.6 Å². The predicted molar refractivity (Wildman–Crippen MR) is 125 cm³/mol. The highest BCUT2D eigenvalue weighted by molar-refractivity contribution is 5.98. The molecule has 2 aromatic carbocycles. The molecule has 0 aliphatic carbocycles. The summed E-state index contributed by atoms with van der Waals surface area (Å²) in [5.41, 5.74) is 4.85. The van der Waals surface area contributed by atoms with Crippen LogP contribution in [0, 0.1) is 20.8 Å². The number of nitrogens with zero attached hydrogens (tertiary/aromatic N) is 3. The number of pyridine rings is 1. The molecule has 166 valence electrons. The number of anilines is 1. The summed E-state index contributed by atoms with van der Waals surface area (Å²) in [6, 6.07) is 18.3. The average Bonchev–Trinajstić information content (AvgIpc) is 3.22. The molecule has 7 heteroatoms. The topological polar surface area (TPSA) is 86.1 Å². The van der Waals surface area contributed by atoms with Gasteiger partial charge in [-0.25, -0.2) is 9.48 Å². The molecule has 0 bridgehead atoms. The Morgan fingerprint density at radius 2 is 1.70 bits per heavy atom. The monoisotopic (exact) mass is 440 g/mol. The molecule has 1 atom stereocenters. The molecule has 33 heavy (non-hydrogen) atoms. The quantitative estimate of drug-likeness (QED) is 0.438. The molecular formula is C26H24N4O3. The molecule has 0 radical (unpaired) electrons. The van der Waals surface area contributed by atoms with E-state index in [1.54, 1.807) is 60.4 Å². The van der Waals surface area contributed by atoms with Gasteiger partial charge in [0.1, 0.15) is 5.56 Å². The van der Waals surface area contributed by atoms with Gasteiger partial charge in [-0.15, -0.1) is 0 Å². The van der Waals surface area contributed by atoms with Gasteiger partial charge in [-0.1, -0.05) is 42.5 Å². The van der Waals surface area contributed by atoms with E-state index in [2.05, 4.69) is 15.4 Å². The minimum atomic E-state index is -1.12.